The van der Waals surface area contributed by atoms with Crippen molar-refractivity contribution in [1.82, 2.24) is 0 Å². The summed E-state index contributed by atoms with van der Waals surface area (Å²) in [7, 11) is 0. The summed E-state index contributed by atoms with van der Waals surface area (Å²) >= 11 is 0. The molecular weight excluding hydrogens is 228 g/mol. The molecule has 0 heterocycles. The predicted molar refractivity (Wildman–Crippen MR) is 72.6 cm³/mol. The van der Waals surface area contributed by atoms with E-state index in [1.165, 1.54) is 0 Å². The molecule has 4 heteroatoms. The Morgan fingerprint density at radius 1 is 1.00 bits per heavy atom. The molecule has 2 rings (SSSR count). The van der Waals surface area contributed by atoms with Crippen LogP contribution in [0, 0.1) is 0 Å². The average Bonchev–Trinajstić information content (AvgIpc) is 2.37. The molecule has 0 bridgehead atoms. The molecule has 0 aliphatic rings. The van der Waals surface area contributed by atoms with E-state index in [9.17, 15) is 0 Å². The number of aliphatic hydroxyl groups is 1. The van der Waals surface area contributed by atoms with Gasteiger partial charge < -0.3 is 21.3 Å². The molecule has 18 heavy (non-hydrogen) atoms. The van der Waals surface area contributed by atoms with Gasteiger partial charge in [-0.15, -0.1) is 0 Å². The van der Waals surface area contributed by atoms with Crippen molar-refractivity contribution < 1.29 is 9.84 Å². The summed E-state index contributed by atoms with van der Waals surface area (Å²) in [4.78, 5) is 0. The minimum Gasteiger partial charge on any atom is -0.457 e. The highest BCUT2D eigenvalue weighted by Gasteiger charge is 2.05. The van der Waals surface area contributed by atoms with E-state index in [-0.39, 0.29) is 6.61 Å². The van der Waals surface area contributed by atoms with Crippen molar-refractivity contribution in [2.75, 3.05) is 18.1 Å². The van der Waals surface area contributed by atoms with E-state index in [0.29, 0.717) is 23.5 Å². The Morgan fingerprint density at radius 2 is 1.78 bits per heavy atom. The first-order valence-corrected chi connectivity index (χ1v) is 5.72. The lowest BCUT2D eigenvalue weighted by Crippen LogP contribution is -1.97. The molecule has 0 saturated carbocycles. The lowest BCUT2D eigenvalue weighted by Gasteiger charge is -2.11. The van der Waals surface area contributed by atoms with Gasteiger partial charge in [0, 0.05) is 12.7 Å². The molecule has 0 fully saturated rings. The second-order valence-electron chi connectivity index (χ2n) is 3.97. The van der Waals surface area contributed by atoms with Gasteiger partial charge in [-0.1, -0.05) is 18.2 Å². The van der Waals surface area contributed by atoms with Gasteiger partial charge in [-0.3, -0.25) is 0 Å². The molecule has 5 N–H and O–H groups in total. The third-order valence-corrected chi connectivity index (χ3v) is 2.64. The number of ether oxygens (including phenoxy) is 1. The normalized spacial score (nSPS) is 10.3. The Hall–Kier alpha value is -2.20. The van der Waals surface area contributed by atoms with Gasteiger partial charge in [-0.05, 0) is 30.2 Å². The molecule has 4 nitrogen and oxygen atoms in total. The van der Waals surface area contributed by atoms with Gasteiger partial charge >= 0.3 is 0 Å². The Morgan fingerprint density at radius 3 is 2.50 bits per heavy atom. The third kappa shape index (κ3) is 2.73. The van der Waals surface area contributed by atoms with Gasteiger partial charge in [0.25, 0.3) is 0 Å². The van der Waals surface area contributed by atoms with Crippen LogP contribution in [0.5, 0.6) is 11.5 Å². The molecule has 0 unspecified atom stereocenters. The van der Waals surface area contributed by atoms with Crippen molar-refractivity contribution in [2.24, 2.45) is 0 Å². The summed E-state index contributed by atoms with van der Waals surface area (Å²) in [6.07, 6.45) is 0.556. The molecule has 0 aromatic heterocycles. The Bertz CT molecular complexity index is 541. The van der Waals surface area contributed by atoms with Gasteiger partial charge in [0.15, 0.2) is 0 Å². The van der Waals surface area contributed by atoms with Crippen LogP contribution in [0.25, 0.3) is 0 Å². The lowest BCUT2D eigenvalue weighted by atomic mass is 10.1. The molecule has 2 aromatic carbocycles. The van der Waals surface area contributed by atoms with Crippen LogP contribution in [-0.2, 0) is 6.42 Å². The van der Waals surface area contributed by atoms with Crippen LogP contribution in [0.3, 0.4) is 0 Å². The average molecular weight is 244 g/mol. The van der Waals surface area contributed by atoms with Crippen LogP contribution in [0.2, 0.25) is 0 Å². The number of rotatable bonds is 4. The topological polar surface area (TPSA) is 81.5 Å². The summed E-state index contributed by atoms with van der Waals surface area (Å²) in [5, 5.41) is 9.00. The van der Waals surface area contributed by atoms with Crippen LogP contribution in [0.1, 0.15) is 5.56 Å². The third-order valence-electron chi connectivity index (χ3n) is 2.64. The summed E-state index contributed by atoms with van der Waals surface area (Å²) in [5.41, 5.74) is 13.4. The van der Waals surface area contributed by atoms with Crippen molar-refractivity contribution in [1.29, 1.82) is 0 Å². The Balaban J connectivity index is 2.25. The highest BCUT2D eigenvalue weighted by molar-refractivity contribution is 5.65. The highest BCUT2D eigenvalue weighted by atomic mass is 16.5. The number of nitrogens with two attached hydrogens (primary N) is 2. The second-order valence-corrected chi connectivity index (χ2v) is 3.97. The van der Waals surface area contributed by atoms with Gasteiger partial charge in [-0.2, -0.15) is 0 Å². The van der Waals surface area contributed by atoms with Crippen molar-refractivity contribution in [3.05, 3.63) is 48.0 Å². The summed E-state index contributed by atoms with van der Waals surface area (Å²) < 4.78 is 5.75. The minimum absolute atomic E-state index is 0.0875. The number of para-hydroxylation sites is 1. The maximum atomic E-state index is 9.00. The van der Waals surface area contributed by atoms with Gasteiger partial charge in [-0.25, -0.2) is 0 Å². The van der Waals surface area contributed by atoms with E-state index in [4.69, 9.17) is 21.3 Å². The maximum Gasteiger partial charge on any atom is 0.130 e. The summed E-state index contributed by atoms with van der Waals surface area (Å²) in [5.74, 6) is 1.35. The molecule has 0 aliphatic carbocycles. The molecule has 0 amide bonds. The summed E-state index contributed by atoms with van der Waals surface area (Å²) in [6.45, 7) is 0.0875. The number of nitrogen functional groups attached to an aromatic ring is 2. The van der Waals surface area contributed by atoms with E-state index in [1.807, 2.05) is 24.3 Å². The molecule has 0 saturated heterocycles. The smallest absolute Gasteiger partial charge is 0.130 e. The van der Waals surface area contributed by atoms with Crippen molar-refractivity contribution >= 4 is 11.4 Å². The molecule has 2 aromatic rings. The van der Waals surface area contributed by atoms with Crippen molar-refractivity contribution in [3.8, 4) is 11.5 Å². The standard InChI is InChI=1S/C14H16N2O2/c15-12-6-5-11(9-13(12)16)18-14-4-2-1-3-10(14)7-8-17/h1-6,9,17H,7-8,15-16H2. The molecule has 0 radical (unpaired) electrons. The summed E-state index contributed by atoms with van der Waals surface area (Å²) in [6, 6.07) is 12.7. The highest BCUT2D eigenvalue weighted by Crippen LogP contribution is 2.28. The second kappa shape index (κ2) is 5.42. The van der Waals surface area contributed by atoms with Crippen LogP contribution in [0.15, 0.2) is 42.5 Å². The first-order valence-electron chi connectivity index (χ1n) is 5.72. The van der Waals surface area contributed by atoms with Gasteiger partial charge in [0.2, 0.25) is 0 Å². The van der Waals surface area contributed by atoms with E-state index in [0.717, 1.165) is 11.3 Å². The monoisotopic (exact) mass is 244 g/mol. The SMILES string of the molecule is Nc1ccc(Oc2ccccc2CCO)cc1N. The number of hydrogen-bond acceptors (Lipinski definition) is 4. The first-order chi connectivity index (χ1) is 8.70. The fourth-order valence-corrected chi connectivity index (χ4v) is 1.67. The van der Waals surface area contributed by atoms with Crippen LogP contribution < -0.4 is 16.2 Å². The largest absolute Gasteiger partial charge is 0.457 e. The lowest BCUT2D eigenvalue weighted by molar-refractivity contribution is 0.298. The van der Waals surface area contributed by atoms with Crippen LogP contribution >= 0.6 is 0 Å². The number of hydrogen-bond donors (Lipinski definition) is 3. The molecular formula is C14H16N2O2. The molecule has 0 aliphatic heterocycles. The van der Waals surface area contributed by atoms with E-state index < -0.39 is 0 Å². The molecule has 94 valence electrons. The van der Waals surface area contributed by atoms with Crippen molar-refractivity contribution in [3.63, 3.8) is 0 Å². The van der Waals surface area contributed by atoms with E-state index >= 15 is 0 Å². The number of aliphatic hydroxyl groups excluding tert-OH is 1. The first kappa shape index (κ1) is 12.3. The van der Waals surface area contributed by atoms with Gasteiger partial charge in [0.05, 0.1) is 11.4 Å². The zero-order chi connectivity index (χ0) is 13.0. The predicted octanol–water partition coefficient (Wildman–Crippen LogP) is 2.18. The van der Waals surface area contributed by atoms with Crippen molar-refractivity contribution in [2.45, 2.75) is 6.42 Å². The number of benzene rings is 2. The zero-order valence-electron chi connectivity index (χ0n) is 9.97. The minimum atomic E-state index is 0.0875. The number of anilines is 2. The fourth-order valence-electron chi connectivity index (χ4n) is 1.67. The zero-order valence-corrected chi connectivity index (χ0v) is 9.97. The fraction of sp³-hybridized carbons (Fsp3) is 0.143. The van der Waals surface area contributed by atoms with Gasteiger partial charge in [0.1, 0.15) is 11.5 Å². The van der Waals surface area contributed by atoms with Crippen LogP contribution in [-0.4, -0.2) is 11.7 Å². The van der Waals surface area contributed by atoms with Crippen LogP contribution in [0.4, 0.5) is 11.4 Å². The van der Waals surface area contributed by atoms with E-state index in [1.54, 1.807) is 18.2 Å². The van der Waals surface area contributed by atoms with E-state index in [2.05, 4.69) is 0 Å². The molecule has 0 atom stereocenters. The maximum absolute atomic E-state index is 9.00. The molecule has 0 spiro atoms. The Labute approximate surface area is 106 Å². The quantitative estimate of drug-likeness (QED) is 0.720. The Kier molecular flexibility index (Phi) is 3.69.